The number of anilines is 2. The summed E-state index contributed by atoms with van der Waals surface area (Å²) in [5.41, 5.74) is 7.54. The first kappa shape index (κ1) is 20.9. The van der Waals surface area contributed by atoms with Crippen LogP contribution in [-0.2, 0) is 0 Å². The summed E-state index contributed by atoms with van der Waals surface area (Å²) in [6.07, 6.45) is 3.90. The summed E-state index contributed by atoms with van der Waals surface area (Å²) < 4.78 is 0. The van der Waals surface area contributed by atoms with Crippen molar-refractivity contribution in [1.82, 2.24) is 15.0 Å². The molecular formula is C26H25ClN4. The van der Waals surface area contributed by atoms with E-state index in [0.29, 0.717) is 0 Å². The molecule has 4 nitrogen and oxygen atoms in total. The smallest absolute Gasteiger partial charge is 0.116 e. The lowest BCUT2D eigenvalue weighted by Gasteiger charge is -2.27. The van der Waals surface area contributed by atoms with E-state index in [9.17, 15) is 0 Å². The average Bonchev–Trinajstić information content (AvgIpc) is 3.29. The SMILES string of the molecule is CCCCN(c1ccccc1)c1cc(-c2ccccc2)[nH]c2ccc3ncnc3c12.Cl. The molecule has 0 radical (unpaired) electrons. The zero-order chi connectivity index (χ0) is 20.3. The third kappa shape index (κ3) is 3.99. The van der Waals surface area contributed by atoms with Gasteiger partial charge >= 0.3 is 0 Å². The standard InChI is InChI=1S/C26H24N4.ClH/c1-2-3-16-30(20-12-8-5-9-13-20)24-17-23(19-10-6-4-7-11-19)29-21-14-15-22-26(25(21)24)28-18-27-22;/h4-15,17-18,29H,2-3,16H2,1H3;1H. The molecule has 156 valence electrons. The van der Waals surface area contributed by atoms with Crippen molar-refractivity contribution in [3.8, 4) is 11.3 Å². The molecule has 0 saturated carbocycles. The maximum absolute atomic E-state index is 4.61. The Morgan fingerprint density at radius 1 is 0.871 bits per heavy atom. The second-order valence-electron chi connectivity index (χ2n) is 7.50. The van der Waals surface area contributed by atoms with Crippen LogP contribution in [0.4, 0.5) is 11.4 Å². The highest BCUT2D eigenvalue weighted by Crippen LogP contribution is 2.38. The molecule has 0 aliphatic rings. The Labute approximate surface area is 188 Å². The van der Waals surface area contributed by atoms with Crippen LogP contribution in [0, 0.1) is 0 Å². The summed E-state index contributed by atoms with van der Waals surface area (Å²) in [6, 6.07) is 27.5. The quantitative estimate of drug-likeness (QED) is 0.312. The molecule has 5 aromatic rings. The highest BCUT2D eigenvalue weighted by atomic mass is 35.5. The molecule has 0 bridgehead atoms. The molecule has 31 heavy (non-hydrogen) atoms. The Morgan fingerprint density at radius 3 is 2.35 bits per heavy atom. The molecule has 3 aromatic carbocycles. The lowest BCUT2D eigenvalue weighted by Crippen LogP contribution is -2.19. The van der Waals surface area contributed by atoms with Crippen LogP contribution in [0.25, 0.3) is 33.2 Å². The Morgan fingerprint density at radius 2 is 1.61 bits per heavy atom. The molecule has 1 N–H and O–H groups in total. The van der Waals surface area contributed by atoms with E-state index in [-0.39, 0.29) is 12.4 Å². The number of rotatable bonds is 6. The van der Waals surface area contributed by atoms with E-state index in [1.165, 1.54) is 5.69 Å². The van der Waals surface area contributed by atoms with Gasteiger partial charge in [-0.2, -0.15) is 0 Å². The number of benzene rings is 3. The topological polar surface area (TPSA) is 44.8 Å². The van der Waals surface area contributed by atoms with Crippen LogP contribution < -0.4 is 4.90 Å². The molecule has 2 heterocycles. The lowest BCUT2D eigenvalue weighted by molar-refractivity contribution is 0.787. The van der Waals surface area contributed by atoms with E-state index >= 15 is 0 Å². The highest BCUT2D eigenvalue weighted by molar-refractivity contribution is 6.11. The van der Waals surface area contributed by atoms with E-state index in [0.717, 1.165) is 58.3 Å². The van der Waals surface area contributed by atoms with Crippen molar-refractivity contribution in [2.24, 2.45) is 0 Å². The number of pyridine rings is 1. The van der Waals surface area contributed by atoms with Gasteiger partial charge < -0.3 is 9.88 Å². The van der Waals surface area contributed by atoms with Crippen LogP contribution in [0.15, 0.2) is 85.2 Å². The number of imidazole rings is 1. The molecule has 0 saturated heterocycles. The zero-order valence-corrected chi connectivity index (χ0v) is 18.3. The van der Waals surface area contributed by atoms with Crippen molar-refractivity contribution in [3.05, 3.63) is 85.2 Å². The van der Waals surface area contributed by atoms with E-state index < -0.39 is 0 Å². The van der Waals surface area contributed by atoms with Gasteiger partial charge in [0.05, 0.1) is 16.7 Å². The van der Waals surface area contributed by atoms with Crippen molar-refractivity contribution in [1.29, 1.82) is 0 Å². The van der Waals surface area contributed by atoms with Gasteiger partial charge in [-0.1, -0.05) is 61.9 Å². The van der Waals surface area contributed by atoms with E-state index in [1.807, 2.05) is 12.1 Å². The van der Waals surface area contributed by atoms with Crippen molar-refractivity contribution in [2.75, 3.05) is 11.4 Å². The fourth-order valence-corrected chi connectivity index (χ4v) is 4.02. The number of H-pyrrole nitrogens is 1. The molecule has 0 spiro atoms. The minimum atomic E-state index is 0. The van der Waals surface area contributed by atoms with Crippen molar-refractivity contribution in [2.45, 2.75) is 19.8 Å². The number of fused-ring (bicyclic) bond motifs is 3. The molecule has 0 atom stereocenters. The fraction of sp³-hybridized carbons (Fsp3) is 0.154. The zero-order valence-electron chi connectivity index (χ0n) is 17.5. The molecule has 0 fully saturated rings. The molecule has 0 amide bonds. The van der Waals surface area contributed by atoms with Gasteiger partial charge in [-0.05, 0) is 42.3 Å². The number of aromatic amines is 1. The Kier molecular flexibility index (Phi) is 6.19. The molecular weight excluding hydrogens is 404 g/mol. The summed E-state index contributed by atoms with van der Waals surface area (Å²) in [6.45, 7) is 3.18. The van der Waals surface area contributed by atoms with Crippen LogP contribution in [0.3, 0.4) is 0 Å². The number of para-hydroxylation sites is 1. The van der Waals surface area contributed by atoms with Crippen molar-refractivity contribution < 1.29 is 0 Å². The van der Waals surface area contributed by atoms with Gasteiger partial charge in [0.1, 0.15) is 11.8 Å². The van der Waals surface area contributed by atoms with Gasteiger partial charge in [0, 0.05) is 23.3 Å². The number of nitrogens with one attached hydrogen (secondary N) is 1. The molecule has 5 heteroatoms. The molecule has 5 rings (SSSR count). The summed E-state index contributed by atoms with van der Waals surface area (Å²) in [7, 11) is 0. The number of hydrogen-bond acceptors (Lipinski definition) is 3. The van der Waals surface area contributed by atoms with Crippen LogP contribution in [-0.4, -0.2) is 21.5 Å². The number of aromatic nitrogens is 3. The second kappa shape index (κ2) is 9.19. The number of nitrogens with zero attached hydrogens (tertiary/aromatic N) is 3. The molecule has 0 aliphatic heterocycles. The van der Waals surface area contributed by atoms with Gasteiger partial charge in [-0.25, -0.2) is 9.97 Å². The van der Waals surface area contributed by atoms with Crippen LogP contribution in [0.1, 0.15) is 19.8 Å². The van der Waals surface area contributed by atoms with Gasteiger partial charge in [0.2, 0.25) is 0 Å². The molecule has 0 aliphatic carbocycles. The van der Waals surface area contributed by atoms with Crippen LogP contribution in [0.2, 0.25) is 0 Å². The maximum Gasteiger partial charge on any atom is 0.116 e. The number of hydrogen-bond donors (Lipinski definition) is 1. The lowest BCUT2D eigenvalue weighted by atomic mass is 10.0. The van der Waals surface area contributed by atoms with E-state index in [1.54, 1.807) is 6.33 Å². The van der Waals surface area contributed by atoms with Gasteiger partial charge in [-0.3, -0.25) is 0 Å². The largest absolute Gasteiger partial charge is 0.354 e. The van der Waals surface area contributed by atoms with Gasteiger partial charge in [0.25, 0.3) is 0 Å². The fourth-order valence-electron chi connectivity index (χ4n) is 4.02. The number of halogens is 1. The third-order valence-corrected chi connectivity index (χ3v) is 5.53. The third-order valence-electron chi connectivity index (χ3n) is 5.53. The Balaban J connectivity index is 0.00000231. The van der Waals surface area contributed by atoms with Crippen LogP contribution in [0.5, 0.6) is 0 Å². The first-order valence-corrected chi connectivity index (χ1v) is 10.5. The van der Waals surface area contributed by atoms with Crippen molar-refractivity contribution >= 4 is 45.7 Å². The Bertz CT molecular complexity index is 1280. The summed E-state index contributed by atoms with van der Waals surface area (Å²) in [4.78, 5) is 15.1. The van der Waals surface area contributed by atoms with Crippen LogP contribution >= 0.6 is 12.4 Å². The monoisotopic (exact) mass is 428 g/mol. The summed E-state index contributed by atoms with van der Waals surface area (Å²) in [5.74, 6) is 0. The minimum absolute atomic E-state index is 0. The predicted octanol–water partition coefficient (Wildman–Crippen LogP) is 7.14. The Hall–Kier alpha value is -3.37. The second-order valence-corrected chi connectivity index (χ2v) is 7.50. The van der Waals surface area contributed by atoms with E-state index in [4.69, 9.17) is 0 Å². The minimum Gasteiger partial charge on any atom is -0.354 e. The normalized spacial score (nSPS) is 10.9. The van der Waals surface area contributed by atoms with Gasteiger partial charge in [0.15, 0.2) is 0 Å². The molecule has 2 aromatic heterocycles. The summed E-state index contributed by atoms with van der Waals surface area (Å²) >= 11 is 0. The van der Waals surface area contributed by atoms with Gasteiger partial charge in [-0.15, -0.1) is 12.4 Å². The predicted molar refractivity (Wildman–Crippen MR) is 132 cm³/mol. The maximum atomic E-state index is 4.61. The van der Waals surface area contributed by atoms with E-state index in [2.05, 4.69) is 93.5 Å². The highest BCUT2D eigenvalue weighted by Gasteiger charge is 2.18. The first-order chi connectivity index (χ1) is 14.8. The average molecular weight is 429 g/mol. The number of unbranched alkanes of at least 4 members (excludes halogenated alkanes) is 1. The summed E-state index contributed by atoms with van der Waals surface area (Å²) in [5, 5.41) is 1.12. The molecule has 0 unspecified atom stereocenters. The first-order valence-electron chi connectivity index (χ1n) is 10.5. The van der Waals surface area contributed by atoms with Crippen molar-refractivity contribution in [3.63, 3.8) is 0 Å².